The molecular weight excluding hydrogens is 136 g/mol. The van der Waals surface area contributed by atoms with Gasteiger partial charge in [0.2, 0.25) is 0 Å². The van der Waals surface area contributed by atoms with Crippen LogP contribution < -0.4 is 0 Å². The SMILES string of the molecule is CC(=S)SCC(C)C. The lowest BCUT2D eigenvalue weighted by Gasteiger charge is -2.00. The van der Waals surface area contributed by atoms with Crippen molar-refractivity contribution in [2.75, 3.05) is 5.75 Å². The van der Waals surface area contributed by atoms with Crippen LogP contribution in [0.1, 0.15) is 20.8 Å². The highest BCUT2D eigenvalue weighted by atomic mass is 32.2. The molecule has 0 amide bonds. The van der Waals surface area contributed by atoms with Crippen LogP contribution in [0.25, 0.3) is 0 Å². The molecule has 8 heavy (non-hydrogen) atoms. The molecule has 0 N–H and O–H groups in total. The molecule has 0 aromatic rings. The summed E-state index contributed by atoms with van der Waals surface area (Å²) in [6, 6.07) is 0. The highest BCUT2D eigenvalue weighted by Gasteiger charge is 1.93. The standard InChI is InChI=1S/C6H12S2/c1-5(2)4-8-6(3)7/h5H,4H2,1-3H3. The fourth-order valence-corrected chi connectivity index (χ4v) is 1.06. The summed E-state index contributed by atoms with van der Waals surface area (Å²) >= 11 is 6.65. The summed E-state index contributed by atoms with van der Waals surface area (Å²) in [5.74, 6) is 1.92. The summed E-state index contributed by atoms with van der Waals surface area (Å²) in [6.07, 6.45) is 0. The van der Waals surface area contributed by atoms with E-state index in [1.807, 2.05) is 6.92 Å². The van der Waals surface area contributed by atoms with E-state index in [0.717, 1.165) is 15.9 Å². The van der Waals surface area contributed by atoms with Gasteiger partial charge in [-0.15, -0.1) is 11.8 Å². The average Bonchev–Trinajstić information content (AvgIpc) is 1.61. The van der Waals surface area contributed by atoms with Gasteiger partial charge in [-0.1, -0.05) is 26.1 Å². The lowest BCUT2D eigenvalue weighted by Crippen LogP contribution is -1.92. The van der Waals surface area contributed by atoms with E-state index < -0.39 is 0 Å². The molecule has 0 aliphatic heterocycles. The van der Waals surface area contributed by atoms with E-state index in [4.69, 9.17) is 12.2 Å². The van der Waals surface area contributed by atoms with Crippen LogP contribution >= 0.6 is 24.0 Å². The van der Waals surface area contributed by atoms with E-state index in [1.165, 1.54) is 0 Å². The number of thioether (sulfide) groups is 1. The maximum Gasteiger partial charge on any atom is 0.0447 e. The first-order valence-corrected chi connectivity index (χ1v) is 4.15. The highest BCUT2D eigenvalue weighted by molar-refractivity contribution is 8.23. The quantitative estimate of drug-likeness (QED) is 0.552. The van der Waals surface area contributed by atoms with Crippen LogP contribution in [0.3, 0.4) is 0 Å². The summed E-state index contributed by atoms with van der Waals surface area (Å²) in [6.45, 7) is 6.37. The zero-order valence-corrected chi connectivity index (χ0v) is 7.23. The molecule has 0 fully saturated rings. The van der Waals surface area contributed by atoms with Crippen molar-refractivity contribution in [1.82, 2.24) is 0 Å². The second-order valence-electron chi connectivity index (χ2n) is 2.20. The van der Waals surface area contributed by atoms with Gasteiger partial charge in [-0.3, -0.25) is 0 Å². The predicted octanol–water partition coefficient (Wildman–Crippen LogP) is 2.72. The zero-order valence-electron chi connectivity index (χ0n) is 5.60. The largest absolute Gasteiger partial charge is 0.119 e. The van der Waals surface area contributed by atoms with E-state index in [0.29, 0.717) is 0 Å². The summed E-state index contributed by atoms with van der Waals surface area (Å²) in [7, 11) is 0. The predicted molar refractivity (Wildman–Crippen MR) is 45.6 cm³/mol. The Morgan fingerprint density at radius 2 is 2.12 bits per heavy atom. The molecule has 0 bridgehead atoms. The minimum Gasteiger partial charge on any atom is -0.119 e. The van der Waals surface area contributed by atoms with Gasteiger partial charge in [0.05, 0.1) is 0 Å². The van der Waals surface area contributed by atoms with E-state index in [1.54, 1.807) is 11.8 Å². The number of rotatable bonds is 2. The molecule has 0 rings (SSSR count). The number of hydrogen-bond donors (Lipinski definition) is 0. The zero-order chi connectivity index (χ0) is 6.57. The van der Waals surface area contributed by atoms with Crippen molar-refractivity contribution in [3.05, 3.63) is 0 Å². The second kappa shape index (κ2) is 4.33. The third kappa shape index (κ3) is 6.44. The molecule has 0 nitrogen and oxygen atoms in total. The van der Waals surface area contributed by atoms with Gasteiger partial charge in [-0.2, -0.15) is 0 Å². The monoisotopic (exact) mass is 148 g/mol. The lowest BCUT2D eigenvalue weighted by atomic mass is 10.3. The molecule has 0 aromatic heterocycles. The molecule has 2 heteroatoms. The van der Waals surface area contributed by atoms with Gasteiger partial charge >= 0.3 is 0 Å². The number of hydrogen-bond acceptors (Lipinski definition) is 2. The van der Waals surface area contributed by atoms with E-state index in [9.17, 15) is 0 Å². The van der Waals surface area contributed by atoms with Crippen LogP contribution in [0.4, 0.5) is 0 Å². The van der Waals surface area contributed by atoms with Crippen LogP contribution in [-0.2, 0) is 0 Å². The molecule has 0 spiro atoms. The summed E-state index contributed by atoms with van der Waals surface area (Å²) < 4.78 is 1.05. The van der Waals surface area contributed by atoms with Gasteiger partial charge in [0.15, 0.2) is 0 Å². The van der Waals surface area contributed by atoms with Crippen molar-refractivity contribution in [3.63, 3.8) is 0 Å². The Labute approximate surface area is 61.0 Å². The Morgan fingerprint density at radius 1 is 1.62 bits per heavy atom. The lowest BCUT2D eigenvalue weighted by molar-refractivity contribution is 0.752. The molecule has 0 aliphatic carbocycles. The molecule has 0 atom stereocenters. The number of thiocarbonyl (C=S) groups is 1. The first-order chi connectivity index (χ1) is 3.63. The fraction of sp³-hybridized carbons (Fsp3) is 0.833. The van der Waals surface area contributed by atoms with Crippen molar-refractivity contribution >= 4 is 28.2 Å². The molecular formula is C6H12S2. The smallest absolute Gasteiger partial charge is 0.0447 e. The first kappa shape index (κ1) is 8.44. The minimum atomic E-state index is 0.762. The van der Waals surface area contributed by atoms with Crippen molar-refractivity contribution in [2.45, 2.75) is 20.8 Å². The Morgan fingerprint density at radius 3 is 2.25 bits per heavy atom. The van der Waals surface area contributed by atoms with Crippen LogP contribution in [0, 0.1) is 5.92 Å². The highest BCUT2D eigenvalue weighted by Crippen LogP contribution is 2.08. The van der Waals surface area contributed by atoms with Crippen LogP contribution in [0.15, 0.2) is 0 Å². The van der Waals surface area contributed by atoms with Gasteiger partial charge in [0.25, 0.3) is 0 Å². The minimum absolute atomic E-state index is 0.762. The van der Waals surface area contributed by atoms with E-state index >= 15 is 0 Å². The third-order valence-corrected chi connectivity index (χ3v) is 2.21. The maximum absolute atomic E-state index is 4.88. The van der Waals surface area contributed by atoms with E-state index in [2.05, 4.69) is 13.8 Å². The van der Waals surface area contributed by atoms with Crippen molar-refractivity contribution in [3.8, 4) is 0 Å². The second-order valence-corrected chi connectivity index (χ2v) is 4.30. The molecule has 0 aromatic carbocycles. The molecule has 0 saturated carbocycles. The Kier molecular flexibility index (Phi) is 4.57. The van der Waals surface area contributed by atoms with Crippen molar-refractivity contribution in [1.29, 1.82) is 0 Å². The first-order valence-electron chi connectivity index (χ1n) is 2.76. The maximum atomic E-state index is 4.88. The van der Waals surface area contributed by atoms with Crippen molar-refractivity contribution < 1.29 is 0 Å². The Bertz CT molecular complexity index is 76.6. The fourth-order valence-electron chi connectivity index (χ4n) is 0.284. The summed E-state index contributed by atoms with van der Waals surface area (Å²) in [4.78, 5) is 0. The van der Waals surface area contributed by atoms with Gasteiger partial charge < -0.3 is 0 Å². The Hall–Kier alpha value is 0.440. The topological polar surface area (TPSA) is 0 Å². The molecule has 0 radical (unpaired) electrons. The summed E-state index contributed by atoms with van der Waals surface area (Å²) in [5, 5.41) is 0. The molecule has 0 saturated heterocycles. The van der Waals surface area contributed by atoms with Gasteiger partial charge in [0.1, 0.15) is 0 Å². The molecule has 0 unspecified atom stereocenters. The average molecular weight is 148 g/mol. The van der Waals surface area contributed by atoms with Gasteiger partial charge in [-0.05, 0) is 12.8 Å². The van der Waals surface area contributed by atoms with Crippen LogP contribution in [-0.4, -0.2) is 9.95 Å². The normalized spacial score (nSPS) is 10.0. The van der Waals surface area contributed by atoms with Crippen LogP contribution in [0.5, 0.6) is 0 Å². The van der Waals surface area contributed by atoms with Crippen molar-refractivity contribution in [2.24, 2.45) is 5.92 Å². The van der Waals surface area contributed by atoms with E-state index in [-0.39, 0.29) is 0 Å². The molecule has 0 heterocycles. The summed E-state index contributed by atoms with van der Waals surface area (Å²) in [5.41, 5.74) is 0. The van der Waals surface area contributed by atoms with Gasteiger partial charge in [0, 0.05) is 9.95 Å². The van der Waals surface area contributed by atoms with Gasteiger partial charge in [-0.25, -0.2) is 0 Å². The van der Waals surface area contributed by atoms with Crippen LogP contribution in [0.2, 0.25) is 0 Å². The Balaban J connectivity index is 3.05. The third-order valence-electron chi connectivity index (χ3n) is 0.620. The molecule has 48 valence electrons. The molecule has 0 aliphatic rings.